The monoisotopic (exact) mass is 735 g/mol. The van der Waals surface area contributed by atoms with Crippen molar-refractivity contribution in [1.29, 1.82) is 0 Å². The number of nitrogens with zero attached hydrogens (tertiary/aromatic N) is 1. The molecule has 0 saturated carbocycles. The van der Waals surface area contributed by atoms with Crippen LogP contribution in [0.3, 0.4) is 0 Å². The summed E-state index contributed by atoms with van der Waals surface area (Å²) in [6.07, 6.45) is 29.0. The fourth-order valence-corrected chi connectivity index (χ4v) is 7.67. The highest BCUT2D eigenvalue weighted by Gasteiger charge is 2.54. The lowest BCUT2D eigenvalue weighted by molar-refractivity contribution is -0.874. The Labute approximate surface area is 307 Å². The van der Waals surface area contributed by atoms with E-state index in [0.717, 1.165) is 38.5 Å². The van der Waals surface area contributed by atoms with Gasteiger partial charge in [-0.1, -0.05) is 168 Å². The molecule has 0 aromatic heterocycles. The van der Waals surface area contributed by atoms with Crippen LogP contribution >= 0.6 is 7.82 Å². The first kappa shape index (κ1) is 49.3. The number of aliphatic hydroxyl groups is 2. The van der Waals surface area contributed by atoms with Gasteiger partial charge >= 0.3 is 7.82 Å². The van der Waals surface area contributed by atoms with Gasteiger partial charge in [0, 0.05) is 12.8 Å². The van der Waals surface area contributed by atoms with Crippen molar-refractivity contribution in [2.45, 2.75) is 205 Å². The van der Waals surface area contributed by atoms with Gasteiger partial charge in [0.15, 0.2) is 11.6 Å². The molecular formula is C40H81NO8P+. The molecule has 0 aromatic rings. The Kier molecular flexibility index (Phi) is 30.3. The molecule has 50 heavy (non-hydrogen) atoms. The summed E-state index contributed by atoms with van der Waals surface area (Å²) < 4.78 is 23.9. The lowest BCUT2D eigenvalue weighted by Crippen LogP contribution is -2.59. The quantitative estimate of drug-likeness (QED) is 0.0247. The molecule has 298 valence electrons. The standard InChI is InChI=1S/C40H80NO8P/c1-6-8-10-12-14-16-18-20-22-24-26-28-30-32-38(44)40(36-41(3,4)5,49-50(46,47)48-35-37(43)34-42)39(45)33-31-29-27-25-23-21-19-17-15-13-11-9-7-2/h37,42-43H,6-36H2,1-5H3/p+1. The van der Waals surface area contributed by atoms with Crippen LogP contribution in [-0.4, -0.2) is 83.8 Å². The average Bonchev–Trinajstić information content (AvgIpc) is 3.06. The van der Waals surface area contributed by atoms with Crippen LogP contribution in [-0.2, 0) is 23.2 Å². The first-order valence-electron chi connectivity index (χ1n) is 20.7. The van der Waals surface area contributed by atoms with E-state index in [1.54, 1.807) is 0 Å². The first-order valence-corrected chi connectivity index (χ1v) is 22.2. The molecule has 0 aliphatic rings. The third-order valence-corrected chi connectivity index (χ3v) is 10.5. The largest absolute Gasteiger partial charge is 0.473 e. The maximum absolute atomic E-state index is 14.0. The Bertz CT molecular complexity index is 836. The highest BCUT2D eigenvalue weighted by Crippen LogP contribution is 2.49. The lowest BCUT2D eigenvalue weighted by Gasteiger charge is -2.37. The molecule has 0 fully saturated rings. The number of phosphoric acid groups is 1. The second kappa shape index (κ2) is 30.8. The molecule has 0 heterocycles. The summed E-state index contributed by atoms with van der Waals surface area (Å²) in [5.74, 6) is -0.984. The van der Waals surface area contributed by atoms with Gasteiger partial charge in [0.1, 0.15) is 12.6 Å². The molecule has 9 nitrogen and oxygen atoms in total. The van der Waals surface area contributed by atoms with Gasteiger partial charge in [0.25, 0.3) is 0 Å². The fourth-order valence-electron chi connectivity index (χ4n) is 6.60. The van der Waals surface area contributed by atoms with E-state index in [2.05, 4.69) is 13.8 Å². The van der Waals surface area contributed by atoms with Gasteiger partial charge in [0.2, 0.25) is 5.60 Å². The Morgan fingerprint density at radius 3 is 1.18 bits per heavy atom. The SMILES string of the molecule is CCCCCCCCCCCCCCCC(=O)C(C[N+](C)(C)C)(OP(=O)(O)OCC(O)CO)C(=O)CCCCCCCCCCCCCCC. The molecule has 3 N–H and O–H groups in total. The zero-order valence-electron chi connectivity index (χ0n) is 33.3. The van der Waals surface area contributed by atoms with E-state index in [0.29, 0.717) is 12.8 Å². The van der Waals surface area contributed by atoms with Crippen molar-refractivity contribution in [3.05, 3.63) is 0 Å². The van der Waals surface area contributed by atoms with Gasteiger partial charge in [-0.05, 0) is 12.8 Å². The molecule has 0 aliphatic heterocycles. The fraction of sp³-hybridized carbons (Fsp3) is 0.950. The number of quaternary nitrogens is 1. The third-order valence-electron chi connectivity index (χ3n) is 9.52. The molecule has 0 bridgehead atoms. The molecule has 0 aliphatic carbocycles. The smallest absolute Gasteiger partial charge is 0.394 e. The summed E-state index contributed by atoms with van der Waals surface area (Å²) in [5.41, 5.74) is -2.14. The van der Waals surface area contributed by atoms with Crippen molar-refractivity contribution in [1.82, 2.24) is 0 Å². The summed E-state index contributed by atoms with van der Waals surface area (Å²) in [7, 11) is 0.499. The Morgan fingerprint density at radius 1 is 0.600 bits per heavy atom. The second-order valence-corrected chi connectivity index (χ2v) is 17.2. The topological polar surface area (TPSA) is 130 Å². The number of Topliss-reactive ketones (excluding diaryl/α,β-unsaturated/α-hetero) is 2. The summed E-state index contributed by atoms with van der Waals surface area (Å²) in [5, 5.41) is 18.8. The zero-order valence-corrected chi connectivity index (χ0v) is 34.2. The number of hydrogen-bond acceptors (Lipinski definition) is 7. The Hall–Kier alpha value is -0.670. The van der Waals surface area contributed by atoms with Crippen molar-refractivity contribution < 1.29 is 42.8 Å². The molecule has 10 heteroatoms. The maximum atomic E-state index is 14.0. The maximum Gasteiger partial charge on any atom is 0.473 e. The number of ketones is 2. The normalized spacial score (nSPS) is 14.2. The van der Waals surface area contributed by atoms with Crippen molar-refractivity contribution in [2.24, 2.45) is 0 Å². The van der Waals surface area contributed by atoms with Crippen molar-refractivity contribution in [3.8, 4) is 0 Å². The van der Waals surface area contributed by atoms with Crippen LogP contribution in [0, 0.1) is 0 Å². The highest BCUT2D eigenvalue weighted by molar-refractivity contribution is 7.47. The van der Waals surface area contributed by atoms with Gasteiger partial charge in [-0.15, -0.1) is 0 Å². The van der Waals surface area contributed by atoms with E-state index in [1.807, 2.05) is 21.1 Å². The molecule has 2 atom stereocenters. The van der Waals surface area contributed by atoms with Gasteiger partial charge in [-0.3, -0.25) is 18.6 Å². The summed E-state index contributed by atoms with van der Waals surface area (Å²) >= 11 is 0. The van der Waals surface area contributed by atoms with Crippen molar-refractivity contribution in [3.63, 3.8) is 0 Å². The number of carbonyl (C=O) groups is 2. The van der Waals surface area contributed by atoms with E-state index in [4.69, 9.17) is 14.2 Å². The minimum absolute atomic E-state index is 0.0708. The van der Waals surface area contributed by atoms with Crippen LogP contribution in [0.15, 0.2) is 0 Å². The number of likely N-dealkylation sites (N-methyl/N-ethyl adjacent to an activating group) is 1. The van der Waals surface area contributed by atoms with Gasteiger partial charge in [-0.2, -0.15) is 0 Å². The first-order chi connectivity index (χ1) is 23.8. The summed E-state index contributed by atoms with van der Waals surface area (Å²) in [6.45, 7) is 3.04. The Morgan fingerprint density at radius 2 is 0.900 bits per heavy atom. The number of hydrogen-bond donors (Lipinski definition) is 3. The predicted molar refractivity (Wildman–Crippen MR) is 206 cm³/mol. The molecule has 2 unspecified atom stereocenters. The van der Waals surface area contributed by atoms with Crippen LogP contribution in [0.4, 0.5) is 0 Å². The molecular weight excluding hydrogens is 653 g/mol. The summed E-state index contributed by atoms with van der Waals surface area (Å²) in [4.78, 5) is 38.6. The number of carbonyl (C=O) groups excluding carboxylic acids is 2. The van der Waals surface area contributed by atoms with Gasteiger partial charge in [0.05, 0.1) is 34.4 Å². The molecule has 0 rings (SSSR count). The number of phosphoric ester groups is 1. The predicted octanol–water partition coefficient (Wildman–Crippen LogP) is 10.0. The van der Waals surface area contributed by atoms with E-state index in [9.17, 15) is 24.2 Å². The van der Waals surface area contributed by atoms with Crippen LogP contribution in [0.5, 0.6) is 0 Å². The van der Waals surface area contributed by atoms with Crippen LogP contribution in [0.2, 0.25) is 0 Å². The van der Waals surface area contributed by atoms with Gasteiger partial charge < -0.3 is 19.6 Å². The summed E-state index contributed by atoms with van der Waals surface area (Å²) in [6, 6.07) is 0. The number of unbranched alkanes of at least 4 members (excludes halogenated alkanes) is 24. The van der Waals surface area contributed by atoms with E-state index in [1.165, 1.54) is 116 Å². The molecule has 0 radical (unpaired) electrons. The molecule has 0 spiro atoms. The molecule has 0 saturated heterocycles. The van der Waals surface area contributed by atoms with Crippen LogP contribution in [0.1, 0.15) is 194 Å². The third kappa shape index (κ3) is 27.0. The minimum Gasteiger partial charge on any atom is -0.394 e. The van der Waals surface area contributed by atoms with Gasteiger partial charge in [-0.25, -0.2) is 4.57 Å². The second-order valence-electron chi connectivity index (χ2n) is 15.8. The molecule has 0 amide bonds. The number of rotatable bonds is 38. The van der Waals surface area contributed by atoms with Crippen molar-refractivity contribution in [2.75, 3.05) is 40.9 Å². The Balaban J connectivity index is 5.11. The van der Waals surface area contributed by atoms with E-state index in [-0.39, 0.29) is 23.9 Å². The van der Waals surface area contributed by atoms with E-state index >= 15 is 0 Å². The lowest BCUT2D eigenvalue weighted by atomic mass is 9.86. The van der Waals surface area contributed by atoms with Crippen molar-refractivity contribution >= 4 is 19.4 Å². The highest BCUT2D eigenvalue weighted by atomic mass is 31.2. The van der Waals surface area contributed by atoms with Crippen LogP contribution < -0.4 is 0 Å². The van der Waals surface area contributed by atoms with E-state index < -0.39 is 44.3 Å². The minimum atomic E-state index is -4.94. The zero-order chi connectivity index (χ0) is 37.6. The number of aliphatic hydroxyl groups excluding tert-OH is 2. The molecule has 0 aromatic carbocycles. The van der Waals surface area contributed by atoms with Crippen LogP contribution in [0.25, 0.3) is 0 Å². The average molecular weight is 735 g/mol.